The summed E-state index contributed by atoms with van der Waals surface area (Å²) in [6, 6.07) is 0. The summed E-state index contributed by atoms with van der Waals surface area (Å²) in [6.07, 6.45) is 3.74. The molecule has 6 heteroatoms. The second kappa shape index (κ2) is 4.17. The molecule has 0 saturated carbocycles. The van der Waals surface area contributed by atoms with Crippen LogP contribution >= 0.6 is 11.6 Å². The van der Waals surface area contributed by atoms with Gasteiger partial charge in [-0.05, 0) is 13.8 Å². The normalized spacial score (nSPS) is 10.9. The lowest BCUT2D eigenvalue weighted by molar-refractivity contribution is 0.651. The third kappa shape index (κ3) is 2.04. The smallest absolute Gasteiger partial charge is 0.164 e. The van der Waals surface area contributed by atoms with Gasteiger partial charge < -0.3 is 5.73 Å². The first-order valence-electron chi connectivity index (χ1n) is 5.11. The van der Waals surface area contributed by atoms with Crippen molar-refractivity contribution in [2.75, 3.05) is 5.73 Å². The first-order chi connectivity index (χ1) is 7.60. The second-order valence-electron chi connectivity index (χ2n) is 3.66. The molecule has 2 aromatic heterocycles. The Morgan fingerprint density at radius 2 is 2.06 bits per heavy atom. The van der Waals surface area contributed by atoms with Crippen LogP contribution in [-0.2, 0) is 13.1 Å². The Balaban J connectivity index is 2.23. The van der Waals surface area contributed by atoms with Crippen molar-refractivity contribution in [2.45, 2.75) is 26.9 Å². The van der Waals surface area contributed by atoms with Gasteiger partial charge in [-0.15, -0.1) is 0 Å². The van der Waals surface area contributed by atoms with Gasteiger partial charge >= 0.3 is 0 Å². The molecule has 2 rings (SSSR count). The molecule has 0 aliphatic rings. The first kappa shape index (κ1) is 11.0. The molecule has 0 saturated heterocycles. The zero-order valence-electron chi connectivity index (χ0n) is 9.31. The third-order valence-corrected chi connectivity index (χ3v) is 2.74. The van der Waals surface area contributed by atoms with Crippen LogP contribution in [0.1, 0.15) is 18.2 Å². The van der Waals surface area contributed by atoms with Gasteiger partial charge in [-0.25, -0.2) is 0 Å². The van der Waals surface area contributed by atoms with Gasteiger partial charge in [0.1, 0.15) is 5.02 Å². The lowest BCUT2D eigenvalue weighted by Gasteiger charge is -1.98. The molecule has 0 fully saturated rings. The van der Waals surface area contributed by atoms with E-state index in [9.17, 15) is 0 Å². The molecular weight excluding hydrogens is 226 g/mol. The van der Waals surface area contributed by atoms with Crippen LogP contribution < -0.4 is 5.73 Å². The Morgan fingerprint density at radius 3 is 2.56 bits per heavy atom. The van der Waals surface area contributed by atoms with Gasteiger partial charge in [0.15, 0.2) is 5.82 Å². The molecule has 0 atom stereocenters. The van der Waals surface area contributed by atoms with Crippen molar-refractivity contribution < 1.29 is 0 Å². The maximum absolute atomic E-state index is 5.84. The van der Waals surface area contributed by atoms with Crippen molar-refractivity contribution in [1.82, 2.24) is 19.6 Å². The standard InChI is InChI=1S/C10H14ClN5/c1-3-15-4-8(7(2)13-15)5-16-6-9(11)10(12)14-16/h4,6H,3,5H2,1-2H3,(H2,12,14). The van der Waals surface area contributed by atoms with Crippen LogP contribution in [0.25, 0.3) is 0 Å². The SMILES string of the molecule is CCn1cc(Cn2cc(Cl)c(N)n2)c(C)n1. The minimum Gasteiger partial charge on any atom is -0.381 e. The zero-order chi connectivity index (χ0) is 11.7. The number of aromatic nitrogens is 4. The Morgan fingerprint density at radius 1 is 1.31 bits per heavy atom. The van der Waals surface area contributed by atoms with Gasteiger partial charge in [0, 0.05) is 24.5 Å². The lowest BCUT2D eigenvalue weighted by atomic mass is 10.3. The summed E-state index contributed by atoms with van der Waals surface area (Å²) >= 11 is 5.84. The average Bonchev–Trinajstić information content (AvgIpc) is 2.73. The summed E-state index contributed by atoms with van der Waals surface area (Å²) in [5.74, 6) is 0.363. The third-order valence-electron chi connectivity index (χ3n) is 2.45. The molecule has 16 heavy (non-hydrogen) atoms. The number of hydrogen-bond acceptors (Lipinski definition) is 3. The van der Waals surface area contributed by atoms with Gasteiger partial charge in [0.2, 0.25) is 0 Å². The van der Waals surface area contributed by atoms with Crippen LogP contribution in [0.2, 0.25) is 5.02 Å². The van der Waals surface area contributed by atoms with Gasteiger partial charge in [-0.1, -0.05) is 11.6 Å². The Kier molecular flexibility index (Phi) is 2.87. The predicted octanol–water partition coefficient (Wildman–Crippen LogP) is 1.69. The lowest BCUT2D eigenvalue weighted by Crippen LogP contribution is -2.01. The van der Waals surface area contributed by atoms with E-state index in [0.29, 0.717) is 17.4 Å². The van der Waals surface area contributed by atoms with Crippen molar-refractivity contribution >= 4 is 17.4 Å². The Bertz CT molecular complexity index is 480. The quantitative estimate of drug-likeness (QED) is 0.887. The number of hydrogen-bond donors (Lipinski definition) is 1. The van der Waals surface area contributed by atoms with Crippen molar-refractivity contribution in [1.29, 1.82) is 0 Å². The van der Waals surface area contributed by atoms with E-state index < -0.39 is 0 Å². The summed E-state index contributed by atoms with van der Waals surface area (Å²) in [5.41, 5.74) is 7.71. The van der Waals surface area contributed by atoms with Crippen molar-refractivity contribution in [3.8, 4) is 0 Å². The molecule has 0 spiro atoms. The predicted molar refractivity (Wildman–Crippen MR) is 63.4 cm³/mol. The zero-order valence-corrected chi connectivity index (χ0v) is 10.1. The van der Waals surface area contributed by atoms with E-state index >= 15 is 0 Å². The average molecular weight is 240 g/mol. The minimum atomic E-state index is 0.363. The van der Waals surface area contributed by atoms with Crippen LogP contribution in [-0.4, -0.2) is 19.6 Å². The van der Waals surface area contributed by atoms with E-state index in [0.717, 1.165) is 17.8 Å². The van der Waals surface area contributed by atoms with E-state index in [1.165, 1.54) is 0 Å². The topological polar surface area (TPSA) is 61.7 Å². The number of nitrogens with two attached hydrogens (primary N) is 1. The molecule has 2 heterocycles. The summed E-state index contributed by atoms with van der Waals surface area (Å²) in [7, 11) is 0. The molecule has 0 radical (unpaired) electrons. The molecular formula is C10H14ClN5. The first-order valence-corrected chi connectivity index (χ1v) is 5.49. The van der Waals surface area contributed by atoms with Gasteiger partial charge in [-0.3, -0.25) is 9.36 Å². The molecule has 0 amide bonds. The van der Waals surface area contributed by atoms with Gasteiger partial charge in [0.05, 0.1) is 12.2 Å². The summed E-state index contributed by atoms with van der Waals surface area (Å²) in [4.78, 5) is 0. The molecule has 2 N–H and O–H groups in total. The summed E-state index contributed by atoms with van der Waals surface area (Å²) < 4.78 is 3.63. The highest BCUT2D eigenvalue weighted by Crippen LogP contribution is 2.17. The number of nitrogen functional groups attached to an aromatic ring is 1. The largest absolute Gasteiger partial charge is 0.381 e. The molecule has 5 nitrogen and oxygen atoms in total. The molecule has 0 aromatic carbocycles. The summed E-state index contributed by atoms with van der Waals surface area (Å²) in [6.45, 7) is 5.54. The van der Waals surface area contributed by atoms with E-state index in [-0.39, 0.29) is 0 Å². The van der Waals surface area contributed by atoms with E-state index in [4.69, 9.17) is 17.3 Å². The number of halogens is 1. The molecule has 2 aromatic rings. The van der Waals surface area contributed by atoms with E-state index in [1.54, 1.807) is 10.9 Å². The van der Waals surface area contributed by atoms with Crippen molar-refractivity contribution in [2.24, 2.45) is 0 Å². The fourth-order valence-electron chi connectivity index (χ4n) is 1.54. The highest BCUT2D eigenvalue weighted by Gasteiger charge is 2.07. The van der Waals surface area contributed by atoms with E-state index in [1.807, 2.05) is 17.8 Å². The molecule has 0 aliphatic carbocycles. The van der Waals surface area contributed by atoms with Crippen LogP contribution in [0.15, 0.2) is 12.4 Å². The van der Waals surface area contributed by atoms with Crippen LogP contribution in [0.5, 0.6) is 0 Å². The van der Waals surface area contributed by atoms with Crippen molar-refractivity contribution in [3.05, 3.63) is 28.7 Å². The molecule has 0 unspecified atom stereocenters. The molecule has 0 aliphatic heterocycles. The number of rotatable bonds is 3. The minimum absolute atomic E-state index is 0.363. The number of nitrogens with zero attached hydrogens (tertiary/aromatic N) is 4. The second-order valence-corrected chi connectivity index (χ2v) is 4.06. The van der Waals surface area contributed by atoms with Crippen molar-refractivity contribution in [3.63, 3.8) is 0 Å². The van der Waals surface area contributed by atoms with Gasteiger partial charge in [0.25, 0.3) is 0 Å². The maximum atomic E-state index is 5.84. The van der Waals surface area contributed by atoms with Crippen LogP contribution in [0.3, 0.4) is 0 Å². The summed E-state index contributed by atoms with van der Waals surface area (Å²) in [5, 5.41) is 8.96. The highest BCUT2D eigenvalue weighted by atomic mass is 35.5. The molecule has 0 bridgehead atoms. The molecule has 86 valence electrons. The fraction of sp³-hybridized carbons (Fsp3) is 0.400. The Labute approximate surface area is 98.8 Å². The highest BCUT2D eigenvalue weighted by molar-refractivity contribution is 6.32. The van der Waals surface area contributed by atoms with Gasteiger partial charge in [-0.2, -0.15) is 10.2 Å². The van der Waals surface area contributed by atoms with Crippen LogP contribution in [0.4, 0.5) is 5.82 Å². The fourth-order valence-corrected chi connectivity index (χ4v) is 1.69. The maximum Gasteiger partial charge on any atom is 0.164 e. The number of aryl methyl sites for hydroxylation is 2. The monoisotopic (exact) mass is 239 g/mol. The number of anilines is 1. The Hall–Kier alpha value is -1.49. The van der Waals surface area contributed by atoms with E-state index in [2.05, 4.69) is 17.1 Å². The van der Waals surface area contributed by atoms with Crippen LogP contribution in [0, 0.1) is 6.92 Å².